The van der Waals surface area contributed by atoms with Crippen LogP contribution in [0.5, 0.6) is 0 Å². The van der Waals surface area contributed by atoms with Gasteiger partial charge >= 0.3 is 6.09 Å². The zero-order chi connectivity index (χ0) is 27.6. The number of aromatic nitrogens is 1. The van der Waals surface area contributed by atoms with E-state index in [1.165, 1.54) is 16.6 Å². The Bertz CT molecular complexity index is 1050. The van der Waals surface area contributed by atoms with Gasteiger partial charge in [0.25, 0.3) is 10.0 Å². The number of imide groups is 1. The fraction of sp³-hybridized carbons (Fsp3) is 0.731. The number of sulfonamides is 1. The second kappa shape index (κ2) is 11.3. The molecule has 1 aromatic heterocycles. The Morgan fingerprint density at radius 3 is 2.49 bits per heavy atom. The molecule has 11 heteroatoms. The van der Waals surface area contributed by atoms with Crippen molar-refractivity contribution in [3.63, 3.8) is 0 Å². The maximum absolute atomic E-state index is 13.7. The second-order valence-corrected chi connectivity index (χ2v) is 13.7. The predicted octanol–water partition coefficient (Wildman–Crippen LogP) is 3.05. The topological polar surface area (TPSA) is 143 Å². The molecular weight excluding hydrogens is 496 g/mol. The van der Waals surface area contributed by atoms with E-state index in [2.05, 4.69) is 11.9 Å². The van der Waals surface area contributed by atoms with Gasteiger partial charge in [-0.25, -0.2) is 23.1 Å². The molecule has 2 amide bonds. The van der Waals surface area contributed by atoms with Crippen molar-refractivity contribution in [1.82, 2.24) is 14.2 Å². The number of ether oxygens (including phenoxy) is 1. The maximum atomic E-state index is 13.7. The lowest BCUT2D eigenvalue weighted by Crippen LogP contribution is -2.57. The van der Waals surface area contributed by atoms with Crippen molar-refractivity contribution < 1.29 is 27.9 Å². The first-order chi connectivity index (χ1) is 17.1. The number of nitrogens with zero attached hydrogens (tertiary/aromatic N) is 3. The van der Waals surface area contributed by atoms with Gasteiger partial charge in [-0.05, 0) is 77.3 Å². The molecule has 0 spiro atoms. The Hall–Kier alpha value is -2.08. The summed E-state index contributed by atoms with van der Waals surface area (Å²) in [5, 5.41) is 11.1. The average Bonchev–Trinajstić information content (AvgIpc) is 3.17. The minimum atomic E-state index is -4.01. The molecule has 0 bridgehead atoms. The van der Waals surface area contributed by atoms with Crippen LogP contribution in [-0.2, 0) is 19.6 Å². The summed E-state index contributed by atoms with van der Waals surface area (Å²) in [6, 6.07) is 2.17. The quantitative estimate of drug-likeness (QED) is 0.563. The zero-order valence-electron chi connectivity index (χ0n) is 22.6. The van der Waals surface area contributed by atoms with Crippen LogP contribution >= 0.6 is 0 Å². The first kappa shape index (κ1) is 29.5. The van der Waals surface area contributed by atoms with Crippen molar-refractivity contribution in [1.29, 1.82) is 0 Å². The van der Waals surface area contributed by atoms with Crippen LogP contribution in [0.1, 0.15) is 79.6 Å². The van der Waals surface area contributed by atoms with Crippen LogP contribution in [0.15, 0.2) is 29.4 Å². The molecule has 1 saturated carbocycles. The fourth-order valence-electron chi connectivity index (χ4n) is 5.42. The summed E-state index contributed by atoms with van der Waals surface area (Å²) in [5.74, 6) is -0.611. The van der Waals surface area contributed by atoms with Gasteiger partial charge in [-0.15, -0.1) is 0 Å². The summed E-state index contributed by atoms with van der Waals surface area (Å²) in [6.07, 6.45) is 4.18. The number of hydrogen-bond donors (Lipinski definition) is 2. The van der Waals surface area contributed by atoms with Gasteiger partial charge in [-0.3, -0.25) is 4.79 Å². The monoisotopic (exact) mass is 538 g/mol. The molecule has 1 aliphatic heterocycles. The number of carbonyl (C=O) groups excluding carboxylic acids is 2. The lowest BCUT2D eigenvalue weighted by Gasteiger charge is -2.36. The smallest absolute Gasteiger partial charge is 0.417 e. The molecule has 2 aliphatic rings. The van der Waals surface area contributed by atoms with E-state index in [-0.39, 0.29) is 23.4 Å². The third-order valence-electron chi connectivity index (χ3n) is 7.39. The van der Waals surface area contributed by atoms with Gasteiger partial charge in [0.15, 0.2) is 5.03 Å². The minimum absolute atomic E-state index is 0.0845. The van der Waals surface area contributed by atoms with E-state index in [0.717, 1.165) is 30.6 Å². The van der Waals surface area contributed by atoms with Crippen LogP contribution in [0.3, 0.4) is 0 Å². The lowest BCUT2D eigenvalue weighted by atomic mass is 9.82. The lowest BCUT2D eigenvalue weighted by molar-refractivity contribution is -0.137. The molecule has 0 radical (unpaired) electrons. The summed E-state index contributed by atoms with van der Waals surface area (Å²) in [5.41, 5.74) is 5.42. The molecule has 10 nitrogen and oxygen atoms in total. The van der Waals surface area contributed by atoms with Gasteiger partial charge in [-0.2, -0.15) is 4.31 Å². The van der Waals surface area contributed by atoms with Gasteiger partial charge in [0.05, 0.1) is 18.2 Å². The Balaban J connectivity index is 1.90. The molecule has 1 aliphatic carbocycles. The van der Waals surface area contributed by atoms with E-state index in [1.54, 1.807) is 39.8 Å². The highest BCUT2D eigenvalue weighted by atomic mass is 32.2. The minimum Gasteiger partial charge on any atom is -0.443 e. The summed E-state index contributed by atoms with van der Waals surface area (Å²) < 4.78 is 33.4. The van der Waals surface area contributed by atoms with Crippen LogP contribution in [0.4, 0.5) is 4.79 Å². The number of nitrogens with two attached hydrogens (primary N) is 1. The number of carbonyl (C=O) groups is 2. The molecule has 2 fully saturated rings. The van der Waals surface area contributed by atoms with Crippen molar-refractivity contribution in [2.45, 2.75) is 114 Å². The zero-order valence-corrected chi connectivity index (χ0v) is 23.4. The molecular formula is C26H42N4O6S. The second-order valence-electron chi connectivity index (χ2n) is 11.8. The van der Waals surface area contributed by atoms with Crippen molar-refractivity contribution in [3.8, 4) is 0 Å². The molecule has 3 N–H and O–H groups in total. The molecule has 37 heavy (non-hydrogen) atoms. The highest BCUT2D eigenvalue weighted by Crippen LogP contribution is 2.41. The third kappa shape index (κ3) is 7.07. The van der Waals surface area contributed by atoms with E-state index in [9.17, 15) is 23.1 Å². The Morgan fingerprint density at radius 1 is 1.27 bits per heavy atom. The highest BCUT2D eigenvalue weighted by Gasteiger charge is 2.45. The molecule has 2 heterocycles. The van der Waals surface area contributed by atoms with E-state index >= 15 is 0 Å². The first-order valence-corrected chi connectivity index (χ1v) is 14.5. The number of rotatable bonds is 6. The number of hydrogen-bond acceptors (Lipinski definition) is 8. The standard InChI is InChI=1S/C26H42N4O6S/c1-18-11-12-20(21(31)17-29(18)37(34,35)22-10-6-9-15-28-22)30(24(33)36-25(2,3)4)23(32)19(27)16-26(5)13-7-8-14-26/h6,9-10,15,18-21,31H,7-8,11-14,16-17,27H2,1-5H3/t18-,19?,20+,21+/m1/s1. The largest absolute Gasteiger partial charge is 0.443 e. The molecule has 4 atom stereocenters. The van der Waals surface area contributed by atoms with Crippen molar-refractivity contribution in [2.75, 3.05) is 6.54 Å². The van der Waals surface area contributed by atoms with E-state index in [0.29, 0.717) is 12.8 Å². The molecule has 0 aromatic carbocycles. The van der Waals surface area contributed by atoms with Crippen LogP contribution in [0, 0.1) is 5.41 Å². The number of aliphatic hydroxyl groups excluding tert-OH is 1. The normalized spacial score (nSPS) is 25.8. The highest BCUT2D eigenvalue weighted by molar-refractivity contribution is 7.89. The van der Waals surface area contributed by atoms with E-state index in [4.69, 9.17) is 10.5 Å². The van der Waals surface area contributed by atoms with E-state index in [1.807, 2.05) is 0 Å². The van der Waals surface area contributed by atoms with Crippen LogP contribution in [-0.4, -0.2) is 76.1 Å². The van der Waals surface area contributed by atoms with Gasteiger partial charge in [0.1, 0.15) is 5.60 Å². The van der Waals surface area contributed by atoms with E-state index < -0.39 is 51.9 Å². The van der Waals surface area contributed by atoms with Crippen molar-refractivity contribution in [3.05, 3.63) is 24.4 Å². The molecule has 1 saturated heterocycles. The fourth-order valence-corrected chi connectivity index (χ4v) is 7.03. The number of β-amino-alcohol motifs (C(OH)–C–C–N with tert-alkyl or cyclic N) is 1. The maximum Gasteiger partial charge on any atom is 0.417 e. The average molecular weight is 539 g/mol. The summed E-state index contributed by atoms with van der Waals surface area (Å²) in [7, 11) is -4.01. The molecule has 1 unspecified atom stereocenters. The van der Waals surface area contributed by atoms with Crippen molar-refractivity contribution in [2.24, 2.45) is 11.1 Å². The van der Waals surface area contributed by atoms with Crippen LogP contribution in [0.2, 0.25) is 0 Å². The van der Waals surface area contributed by atoms with Crippen LogP contribution in [0.25, 0.3) is 0 Å². The predicted molar refractivity (Wildman–Crippen MR) is 139 cm³/mol. The molecule has 1 aromatic rings. The third-order valence-corrected chi connectivity index (χ3v) is 9.29. The Kier molecular flexibility index (Phi) is 9.04. The van der Waals surface area contributed by atoms with Crippen molar-refractivity contribution >= 4 is 22.0 Å². The first-order valence-electron chi connectivity index (χ1n) is 13.1. The van der Waals surface area contributed by atoms with Gasteiger partial charge < -0.3 is 15.6 Å². The number of aliphatic hydroxyl groups is 1. The number of pyridine rings is 1. The summed E-state index contributed by atoms with van der Waals surface area (Å²) in [6.45, 7) is 8.62. The molecule has 208 valence electrons. The summed E-state index contributed by atoms with van der Waals surface area (Å²) in [4.78, 5) is 31.9. The Morgan fingerprint density at radius 2 is 1.92 bits per heavy atom. The SMILES string of the molecule is C[C@@H]1CC[C@H](N(C(=O)OC(C)(C)C)C(=O)C(N)CC2(C)CCCC2)[C@@H](O)CN1S(=O)(=O)c1ccccn1. The number of amides is 2. The van der Waals surface area contributed by atoms with Crippen LogP contribution < -0.4 is 5.73 Å². The Labute approximate surface area is 220 Å². The molecule has 3 rings (SSSR count). The summed E-state index contributed by atoms with van der Waals surface area (Å²) >= 11 is 0. The van der Waals surface area contributed by atoms with Gasteiger partial charge in [0.2, 0.25) is 5.91 Å². The van der Waals surface area contributed by atoms with Gasteiger partial charge in [0, 0.05) is 18.8 Å². The van der Waals surface area contributed by atoms with Gasteiger partial charge in [-0.1, -0.05) is 25.8 Å².